The summed E-state index contributed by atoms with van der Waals surface area (Å²) in [6.45, 7) is 2.17. The lowest BCUT2D eigenvalue weighted by molar-refractivity contribution is -0.143. The fourth-order valence-corrected chi connectivity index (χ4v) is 2.50. The van der Waals surface area contributed by atoms with Crippen molar-refractivity contribution in [2.24, 2.45) is 5.92 Å². The van der Waals surface area contributed by atoms with Gasteiger partial charge >= 0.3 is 5.97 Å². The van der Waals surface area contributed by atoms with Gasteiger partial charge < -0.3 is 4.74 Å². The highest BCUT2D eigenvalue weighted by Gasteiger charge is 2.27. The minimum absolute atomic E-state index is 0.229. The van der Waals surface area contributed by atoms with Crippen molar-refractivity contribution in [1.82, 2.24) is 5.32 Å². The summed E-state index contributed by atoms with van der Waals surface area (Å²) in [6.07, 6.45) is 6.53. The minimum Gasteiger partial charge on any atom is -0.468 e. The summed E-state index contributed by atoms with van der Waals surface area (Å²) in [5.41, 5.74) is 0.955. The Labute approximate surface area is 114 Å². The van der Waals surface area contributed by atoms with E-state index < -0.39 is 0 Å². The van der Waals surface area contributed by atoms with Crippen molar-refractivity contribution in [2.45, 2.75) is 31.8 Å². The Balaban J connectivity index is 2.15. The molecule has 0 bridgehead atoms. The van der Waals surface area contributed by atoms with Gasteiger partial charge in [0, 0.05) is 6.04 Å². The predicted octanol–water partition coefficient (Wildman–Crippen LogP) is 2.85. The van der Waals surface area contributed by atoms with Crippen LogP contribution in [0, 0.1) is 5.92 Å². The Kier molecular flexibility index (Phi) is 4.74. The van der Waals surface area contributed by atoms with Gasteiger partial charge in [-0.2, -0.15) is 0 Å². The average Bonchev–Trinajstić information content (AvgIpc) is 2.46. The minimum atomic E-state index is -0.384. The van der Waals surface area contributed by atoms with Gasteiger partial charge in [0.15, 0.2) is 0 Å². The number of esters is 1. The molecule has 1 aromatic carbocycles. The second-order valence-electron chi connectivity index (χ2n) is 5.00. The molecule has 3 atom stereocenters. The third-order valence-electron chi connectivity index (χ3n) is 3.67. The van der Waals surface area contributed by atoms with Gasteiger partial charge in [0.1, 0.15) is 6.04 Å². The van der Waals surface area contributed by atoms with Gasteiger partial charge in [-0.05, 0) is 24.3 Å². The molecule has 2 rings (SSSR count). The molecule has 0 aromatic heterocycles. The topological polar surface area (TPSA) is 38.3 Å². The molecule has 1 aromatic rings. The molecule has 0 heterocycles. The average molecular weight is 259 g/mol. The van der Waals surface area contributed by atoms with E-state index in [-0.39, 0.29) is 12.0 Å². The number of benzene rings is 1. The van der Waals surface area contributed by atoms with Crippen LogP contribution in [0.3, 0.4) is 0 Å². The molecular formula is C16H21NO2. The Morgan fingerprint density at radius 2 is 2.11 bits per heavy atom. The summed E-state index contributed by atoms with van der Waals surface area (Å²) in [5.74, 6) is 0.206. The summed E-state index contributed by atoms with van der Waals surface area (Å²) >= 11 is 0. The molecule has 0 saturated carbocycles. The van der Waals surface area contributed by atoms with Crippen molar-refractivity contribution in [3.63, 3.8) is 0 Å². The monoisotopic (exact) mass is 259 g/mol. The number of carbonyl (C=O) groups excluding carboxylic acids is 1. The number of nitrogens with one attached hydrogen (secondary N) is 1. The number of methoxy groups -OCH3 is 1. The van der Waals surface area contributed by atoms with Gasteiger partial charge in [0.25, 0.3) is 0 Å². The van der Waals surface area contributed by atoms with Gasteiger partial charge in [-0.3, -0.25) is 5.32 Å². The number of rotatable bonds is 4. The third-order valence-corrected chi connectivity index (χ3v) is 3.67. The zero-order valence-electron chi connectivity index (χ0n) is 11.5. The molecule has 0 radical (unpaired) electrons. The van der Waals surface area contributed by atoms with Crippen molar-refractivity contribution in [1.29, 1.82) is 0 Å². The number of carbonyl (C=O) groups is 1. The Morgan fingerprint density at radius 1 is 1.37 bits per heavy atom. The zero-order valence-corrected chi connectivity index (χ0v) is 11.5. The van der Waals surface area contributed by atoms with Gasteiger partial charge in [0.05, 0.1) is 7.11 Å². The highest BCUT2D eigenvalue weighted by atomic mass is 16.5. The molecule has 1 N–H and O–H groups in total. The van der Waals surface area contributed by atoms with E-state index in [0.29, 0.717) is 12.0 Å². The molecule has 3 nitrogen and oxygen atoms in total. The molecule has 3 heteroatoms. The normalized spacial score (nSPS) is 23.9. The van der Waals surface area contributed by atoms with Crippen LogP contribution in [0.25, 0.3) is 0 Å². The Bertz CT molecular complexity index is 441. The second-order valence-corrected chi connectivity index (χ2v) is 5.00. The maximum atomic E-state index is 12.0. The van der Waals surface area contributed by atoms with Crippen LogP contribution in [0.1, 0.15) is 31.4 Å². The van der Waals surface area contributed by atoms with E-state index in [0.717, 1.165) is 18.4 Å². The Hall–Kier alpha value is -1.61. The van der Waals surface area contributed by atoms with Crippen LogP contribution in [-0.2, 0) is 9.53 Å². The van der Waals surface area contributed by atoms with Gasteiger partial charge in [-0.15, -0.1) is 0 Å². The first-order valence-electron chi connectivity index (χ1n) is 6.78. The molecule has 102 valence electrons. The lowest BCUT2D eigenvalue weighted by Crippen LogP contribution is -2.41. The molecule has 1 aliphatic carbocycles. The second kappa shape index (κ2) is 6.53. The molecule has 0 fully saturated rings. The largest absolute Gasteiger partial charge is 0.468 e. The molecule has 1 unspecified atom stereocenters. The summed E-state index contributed by atoms with van der Waals surface area (Å²) < 4.78 is 4.92. The standard InChI is InChI=1S/C16H21NO2/c1-12-8-6-7-11-14(12)17-15(16(18)19-2)13-9-4-3-5-10-13/h3-6,8-10,12,14-15,17H,7,11H2,1-2H3/t12?,14-,15+/m1/s1. The SMILES string of the molecule is COC(=O)[C@@H](N[C@@H]1CCC=CC1C)c1ccccc1. The van der Waals surface area contributed by atoms with E-state index in [1.165, 1.54) is 7.11 Å². The number of ether oxygens (including phenoxy) is 1. The maximum absolute atomic E-state index is 12.0. The summed E-state index contributed by atoms with van der Waals surface area (Å²) in [4.78, 5) is 12.0. The van der Waals surface area contributed by atoms with Gasteiger partial charge in [-0.1, -0.05) is 49.4 Å². The highest BCUT2D eigenvalue weighted by molar-refractivity contribution is 5.77. The van der Waals surface area contributed by atoms with Crippen LogP contribution in [0.2, 0.25) is 0 Å². The van der Waals surface area contributed by atoms with E-state index >= 15 is 0 Å². The van der Waals surface area contributed by atoms with Crippen LogP contribution in [-0.4, -0.2) is 19.1 Å². The lowest BCUT2D eigenvalue weighted by Gasteiger charge is -2.29. The van der Waals surface area contributed by atoms with Crippen LogP contribution >= 0.6 is 0 Å². The third kappa shape index (κ3) is 3.44. The molecule has 1 aliphatic rings. The lowest BCUT2D eigenvalue weighted by atomic mass is 9.90. The number of hydrogen-bond donors (Lipinski definition) is 1. The fourth-order valence-electron chi connectivity index (χ4n) is 2.50. The van der Waals surface area contributed by atoms with Crippen molar-refractivity contribution >= 4 is 5.97 Å². The van der Waals surface area contributed by atoms with Crippen molar-refractivity contribution in [3.05, 3.63) is 48.0 Å². The Morgan fingerprint density at radius 3 is 2.74 bits per heavy atom. The van der Waals surface area contributed by atoms with E-state index in [9.17, 15) is 4.79 Å². The molecule has 19 heavy (non-hydrogen) atoms. The number of hydrogen-bond acceptors (Lipinski definition) is 3. The molecule has 0 aliphatic heterocycles. The van der Waals surface area contributed by atoms with Crippen LogP contribution in [0.5, 0.6) is 0 Å². The van der Waals surface area contributed by atoms with E-state index in [1.807, 2.05) is 30.3 Å². The molecule has 0 spiro atoms. The fraction of sp³-hybridized carbons (Fsp3) is 0.438. The quantitative estimate of drug-likeness (QED) is 0.667. The van der Waals surface area contributed by atoms with E-state index in [2.05, 4.69) is 24.4 Å². The van der Waals surface area contributed by atoms with Crippen LogP contribution < -0.4 is 5.32 Å². The first-order chi connectivity index (χ1) is 9.22. The van der Waals surface area contributed by atoms with Crippen molar-refractivity contribution in [3.8, 4) is 0 Å². The summed E-state index contributed by atoms with van der Waals surface area (Å²) in [6, 6.07) is 9.67. The van der Waals surface area contributed by atoms with Gasteiger partial charge in [-0.25, -0.2) is 4.79 Å². The molecule has 0 amide bonds. The van der Waals surface area contributed by atoms with Crippen molar-refractivity contribution in [2.75, 3.05) is 7.11 Å². The smallest absolute Gasteiger partial charge is 0.327 e. The van der Waals surface area contributed by atoms with E-state index in [4.69, 9.17) is 4.74 Å². The van der Waals surface area contributed by atoms with Crippen LogP contribution in [0.4, 0.5) is 0 Å². The molecule has 0 saturated heterocycles. The highest BCUT2D eigenvalue weighted by Crippen LogP contribution is 2.22. The van der Waals surface area contributed by atoms with Crippen LogP contribution in [0.15, 0.2) is 42.5 Å². The predicted molar refractivity (Wildman–Crippen MR) is 75.7 cm³/mol. The number of allylic oxidation sites excluding steroid dienone is 1. The molecular weight excluding hydrogens is 238 g/mol. The first kappa shape index (κ1) is 13.8. The first-order valence-corrected chi connectivity index (χ1v) is 6.78. The maximum Gasteiger partial charge on any atom is 0.327 e. The van der Waals surface area contributed by atoms with E-state index in [1.54, 1.807) is 0 Å². The summed E-state index contributed by atoms with van der Waals surface area (Å²) in [5, 5.41) is 3.45. The zero-order chi connectivity index (χ0) is 13.7. The van der Waals surface area contributed by atoms with Gasteiger partial charge in [0.2, 0.25) is 0 Å². The van der Waals surface area contributed by atoms with Crippen molar-refractivity contribution < 1.29 is 9.53 Å². The summed E-state index contributed by atoms with van der Waals surface area (Å²) in [7, 11) is 1.43.